The third kappa shape index (κ3) is 1.08. The molecule has 0 unspecified atom stereocenters. The molecule has 3 nitrogen and oxygen atoms in total. The number of nitrogens with one attached hydrogen (secondary N) is 1. The number of ether oxygens (including phenoxy) is 1. The van der Waals surface area contributed by atoms with Gasteiger partial charge in [-0.3, -0.25) is 5.10 Å². The molecule has 0 aliphatic rings. The van der Waals surface area contributed by atoms with Crippen molar-refractivity contribution in [3.63, 3.8) is 0 Å². The average molecular weight is 191 g/mol. The Kier molecular flexibility index (Phi) is 1.75. The molecule has 50 valence electrons. The van der Waals surface area contributed by atoms with Crippen molar-refractivity contribution in [2.75, 3.05) is 7.11 Å². The van der Waals surface area contributed by atoms with E-state index in [1.54, 1.807) is 7.11 Å². The fraction of sp³-hybridized carbons (Fsp3) is 0.400. The van der Waals surface area contributed by atoms with Crippen molar-refractivity contribution in [2.45, 2.75) is 6.92 Å². The summed E-state index contributed by atoms with van der Waals surface area (Å²) in [5.74, 6) is 0.604. The van der Waals surface area contributed by atoms with E-state index < -0.39 is 0 Å². The second kappa shape index (κ2) is 2.39. The lowest BCUT2D eigenvalue weighted by Gasteiger charge is -1.90. The van der Waals surface area contributed by atoms with Crippen LogP contribution < -0.4 is 4.74 Å². The van der Waals surface area contributed by atoms with Crippen LogP contribution in [-0.4, -0.2) is 17.3 Å². The molecular weight excluding hydrogens is 184 g/mol. The number of hydrogen-bond donors (Lipinski definition) is 1. The van der Waals surface area contributed by atoms with Gasteiger partial charge in [-0.15, -0.1) is 5.10 Å². The maximum absolute atomic E-state index is 4.88. The predicted octanol–water partition coefficient (Wildman–Crippen LogP) is 1.49. The monoisotopic (exact) mass is 190 g/mol. The Labute approximate surface area is 61.5 Å². The molecule has 1 aromatic rings. The van der Waals surface area contributed by atoms with Crippen molar-refractivity contribution < 1.29 is 4.74 Å². The molecule has 0 amide bonds. The predicted molar refractivity (Wildman–Crippen MR) is 37.6 cm³/mol. The van der Waals surface area contributed by atoms with Crippen LogP contribution in [0.5, 0.6) is 5.88 Å². The molecule has 0 aromatic carbocycles. The van der Waals surface area contributed by atoms with E-state index >= 15 is 0 Å². The summed E-state index contributed by atoms with van der Waals surface area (Å²) in [6.45, 7) is 1.92. The third-order valence-electron chi connectivity index (χ3n) is 1.04. The minimum absolute atomic E-state index is 0.604. The first-order chi connectivity index (χ1) is 4.25. The van der Waals surface area contributed by atoms with Crippen LogP contribution in [-0.2, 0) is 0 Å². The molecule has 0 aliphatic heterocycles. The maximum atomic E-state index is 4.88. The number of aromatic nitrogens is 2. The van der Waals surface area contributed by atoms with Crippen LogP contribution in [0, 0.1) is 6.92 Å². The van der Waals surface area contributed by atoms with Crippen LogP contribution in [0.4, 0.5) is 0 Å². The average Bonchev–Trinajstić information content (AvgIpc) is 2.15. The van der Waals surface area contributed by atoms with Crippen molar-refractivity contribution in [3.8, 4) is 5.88 Å². The Morgan fingerprint density at radius 1 is 1.67 bits per heavy atom. The second-order valence-corrected chi connectivity index (χ2v) is 2.46. The highest BCUT2D eigenvalue weighted by atomic mass is 79.9. The molecule has 0 bridgehead atoms. The van der Waals surface area contributed by atoms with Crippen molar-refractivity contribution in [1.82, 2.24) is 10.2 Å². The molecule has 1 heterocycles. The van der Waals surface area contributed by atoms with E-state index in [0.29, 0.717) is 5.88 Å². The number of methoxy groups -OCH3 is 1. The Morgan fingerprint density at radius 2 is 2.33 bits per heavy atom. The van der Waals surface area contributed by atoms with Crippen LogP contribution in [0.1, 0.15) is 5.69 Å². The molecule has 0 fully saturated rings. The minimum Gasteiger partial charge on any atom is -0.479 e. The van der Waals surface area contributed by atoms with Gasteiger partial charge >= 0.3 is 0 Å². The van der Waals surface area contributed by atoms with Crippen molar-refractivity contribution in [2.24, 2.45) is 0 Å². The Bertz CT molecular complexity index is 209. The molecule has 1 rings (SSSR count). The van der Waals surface area contributed by atoms with E-state index in [-0.39, 0.29) is 0 Å². The van der Waals surface area contributed by atoms with E-state index in [1.165, 1.54) is 0 Å². The molecule has 1 N–H and O–H groups in total. The van der Waals surface area contributed by atoms with Gasteiger partial charge < -0.3 is 4.74 Å². The summed E-state index contributed by atoms with van der Waals surface area (Å²) >= 11 is 3.29. The number of hydrogen-bond acceptors (Lipinski definition) is 2. The van der Waals surface area contributed by atoms with Gasteiger partial charge in [0.15, 0.2) is 0 Å². The zero-order chi connectivity index (χ0) is 6.85. The van der Waals surface area contributed by atoms with E-state index in [9.17, 15) is 0 Å². The van der Waals surface area contributed by atoms with Crippen molar-refractivity contribution in [1.29, 1.82) is 0 Å². The van der Waals surface area contributed by atoms with Gasteiger partial charge in [-0.1, -0.05) is 0 Å². The minimum atomic E-state index is 0.604. The summed E-state index contributed by atoms with van der Waals surface area (Å²) in [6, 6.07) is 0. The van der Waals surface area contributed by atoms with Crippen LogP contribution in [0.25, 0.3) is 0 Å². The van der Waals surface area contributed by atoms with Crippen LogP contribution >= 0.6 is 15.9 Å². The first-order valence-electron chi connectivity index (χ1n) is 2.50. The van der Waals surface area contributed by atoms with Gasteiger partial charge in [-0.25, -0.2) is 0 Å². The molecule has 0 atom stereocenters. The topological polar surface area (TPSA) is 37.9 Å². The standard InChI is InChI=1S/C5H7BrN2O/c1-3-4(6)5(9-2)8-7-3/h1-2H3,(H,7,8). The molecule has 0 radical (unpaired) electrons. The molecule has 0 spiro atoms. The number of aromatic amines is 1. The van der Waals surface area contributed by atoms with Gasteiger partial charge in [0.1, 0.15) is 4.47 Å². The molecule has 9 heavy (non-hydrogen) atoms. The van der Waals surface area contributed by atoms with E-state index in [2.05, 4.69) is 26.1 Å². The zero-order valence-electron chi connectivity index (χ0n) is 5.23. The zero-order valence-corrected chi connectivity index (χ0v) is 6.82. The number of halogens is 1. The number of H-pyrrole nitrogens is 1. The molecular formula is C5H7BrN2O. The molecule has 4 heteroatoms. The van der Waals surface area contributed by atoms with Gasteiger partial charge in [-0.05, 0) is 22.9 Å². The summed E-state index contributed by atoms with van der Waals surface area (Å²) in [5.41, 5.74) is 0.979. The Balaban J connectivity index is 3.04. The second-order valence-electron chi connectivity index (χ2n) is 1.67. The smallest absolute Gasteiger partial charge is 0.247 e. The fourth-order valence-electron chi connectivity index (χ4n) is 0.528. The van der Waals surface area contributed by atoms with E-state index in [4.69, 9.17) is 4.74 Å². The SMILES string of the molecule is COc1n[nH]c(C)c1Br. The quantitative estimate of drug-likeness (QED) is 0.730. The normalized spacial score (nSPS) is 9.67. The van der Waals surface area contributed by atoms with E-state index in [0.717, 1.165) is 10.2 Å². The Hall–Kier alpha value is -0.510. The number of nitrogens with zero attached hydrogens (tertiary/aromatic N) is 1. The van der Waals surface area contributed by atoms with Gasteiger partial charge in [-0.2, -0.15) is 0 Å². The van der Waals surface area contributed by atoms with Crippen LogP contribution in [0.15, 0.2) is 4.47 Å². The summed E-state index contributed by atoms with van der Waals surface area (Å²) in [7, 11) is 1.58. The maximum Gasteiger partial charge on any atom is 0.247 e. The molecule has 0 saturated carbocycles. The van der Waals surface area contributed by atoms with Crippen molar-refractivity contribution in [3.05, 3.63) is 10.2 Å². The number of aryl methyl sites for hydroxylation is 1. The highest BCUT2D eigenvalue weighted by Crippen LogP contribution is 2.23. The van der Waals surface area contributed by atoms with Gasteiger partial charge in [0.05, 0.1) is 12.8 Å². The first kappa shape index (κ1) is 6.61. The molecule has 0 aliphatic carbocycles. The third-order valence-corrected chi connectivity index (χ3v) is 1.97. The molecule has 0 saturated heterocycles. The highest BCUT2D eigenvalue weighted by Gasteiger charge is 2.04. The van der Waals surface area contributed by atoms with E-state index in [1.807, 2.05) is 6.92 Å². The van der Waals surface area contributed by atoms with Crippen LogP contribution in [0.3, 0.4) is 0 Å². The Morgan fingerprint density at radius 3 is 2.56 bits per heavy atom. The van der Waals surface area contributed by atoms with Crippen LogP contribution in [0.2, 0.25) is 0 Å². The van der Waals surface area contributed by atoms with Gasteiger partial charge in [0.2, 0.25) is 5.88 Å². The summed E-state index contributed by atoms with van der Waals surface area (Å²) < 4.78 is 5.77. The highest BCUT2D eigenvalue weighted by molar-refractivity contribution is 9.10. The lowest BCUT2D eigenvalue weighted by atomic mass is 10.5. The van der Waals surface area contributed by atoms with Crippen molar-refractivity contribution >= 4 is 15.9 Å². The molecule has 1 aromatic heterocycles. The lowest BCUT2D eigenvalue weighted by molar-refractivity contribution is 0.394. The van der Waals surface area contributed by atoms with Gasteiger partial charge in [0.25, 0.3) is 0 Å². The number of rotatable bonds is 1. The summed E-state index contributed by atoms with van der Waals surface area (Å²) in [4.78, 5) is 0. The summed E-state index contributed by atoms with van der Waals surface area (Å²) in [6.07, 6.45) is 0. The fourth-order valence-corrected chi connectivity index (χ4v) is 0.868. The lowest BCUT2D eigenvalue weighted by Crippen LogP contribution is -1.81. The largest absolute Gasteiger partial charge is 0.479 e. The summed E-state index contributed by atoms with van der Waals surface area (Å²) in [5, 5.41) is 6.61. The van der Waals surface area contributed by atoms with Gasteiger partial charge in [0, 0.05) is 0 Å². The first-order valence-corrected chi connectivity index (χ1v) is 3.29.